The summed E-state index contributed by atoms with van der Waals surface area (Å²) in [7, 11) is 1.59. The van der Waals surface area contributed by atoms with Gasteiger partial charge in [-0.3, -0.25) is 14.4 Å². The van der Waals surface area contributed by atoms with Gasteiger partial charge in [-0.25, -0.2) is 0 Å². The maximum Gasteiger partial charge on any atom is 0.265 e. The molecule has 7 nitrogen and oxygen atoms in total. The van der Waals surface area contributed by atoms with Crippen LogP contribution in [0.3, 0.4) is 0 Å². The average Bonchev–Trinajstić information content (AvgIpc) is 2.73. The number of ether oxygens (including phenoxy) is 1. The molecular formula is C22H25N3O4. The van der Waals surface area contributed by atoms with E-state index < -0.39 is 0 Å². The Bertz CT molecular complexity index is 912. The summed E-state index contributed by atoms with van der Waals surface area (Å²) in [5, 5.41) is 2.86. The van der Waals surface area contributed by atoms with Gasteiger partial charge in [0.2, 0.25) is 11.8 Å². The number of aryl methyl sites for hydroxylation is 1. The van der Waals surface area contributed by atoms with Gasteiger partial charge < -0.3 is 19.9 Å². The maximum atomic E-state index is 12.5. The van der Waals surface area contributed by atoms with Gasteiger partial charge in [0.05, 0.1) is 12.2 Å². The van der Waals surface area contributed by atoms with E-state index in [1.807, 2.05) is 43.3 Å². The third kappa shape index (κ3) is 4.93. The SMILES string of the molecule is CCc1ccccc1NC(=O)CN(C)C(=O)CCN1C(=O)COc2ccccc21. The lowest BCUT2D eigenvalue weighted by atomic mass is 10.1. The molecule has 0 fully saturated rings. The number of para-hydroxylation sites is 3. The van der Waals surface area contributed by atoms with E-state index in [1.54, 1.807) is 24.1 Å². The molecule has 1 aliphatic rings. The van der Waals surface area contributed by atoms with Crippen LogP contribution in [-0.2, 0) is 20.8 Å². The molecule has 1 N–H and O–H groups in total. The van der Waals surface area contributed by atoms with Gasteiger partial charge >= 0.3 is 0 Å². The molecule has 0 atom stereocenters. The van der Waals surface area contributed by atoms with Crippen LogP contribution in [0.15, 0.2) is 48.5 Å². The van der Waals surface area contributed by atoms with Gasteiger partial charge in [0.25, 0.3) is 5.91 Å². The topological polar surface area (TPSA) is 79.0 Å². The van der Waals surface area contributed by atoms with E-state index in [0.717, 1.165) is 17.7 Å². The van der Waals surface area contributed by atoms with E-state index in [2.05, 4.69) is 5.32 Å². The number of hydrogen-bond donors (Lipinski definition) is 1. The van der Waals surface area contributed by atoms with E-state index in [4.69, 9.17) is 4.74 Å². The monoisotopic (exact) mass is 395 g/mol. The van der Waals surface area contributed by atoms with Crippen LogP contribution < -0.4 is 15.0 Å². The molecule has 3 amide bonds. The lowest BCUT2D eigenvalue weighted by molar-refractivity contribution is -0.133. The lowest BCUT2D eigenvalue weighted by Crippen LogP contribution is -2.42. The van der Waals surface area contributed by atoms with Gasteiger partial charge in [0.15, 0.2) is 6.61 Å². The Kier molecular flexibility index (Phi) is 6.49. The standard InChI is InChI=1S/C22H25N3O4/c1-3-16-8-4-5-9-17(16)23-20(26)14-24(2)21(27)12-13-25-18-10-6-7-11-19(18)29-15-22(25)28/h4-11H,3,12-15H2,1-2H3,(H,23,26). The van der Waals surface area contributed by atoms with Gasteiger partial charge in [-0.15, -0.1) is 0 Å². The van der Waals surface area contributed by atoms with Gasteiger partial charge in [0, 0.05) is 25.7 Å². The lowest BCUT2D eigenvalue weighted by Gasteiger charge is -2.29. The van der Waals surface area contributed by atoms with Crippen LogP contribution in [0.5, 0.6) is 5.75 Å². The van der Waals surface area contributed by atoms with Crippen LogP contribution in [0.4, 0.5) is 11.4 Å². The van der Waals surface area contributed by atoms with Gasteiger partial charge in [0.1, 0.15) is 5.75 Å². The molecule has 3 rings (SSSR count). The molecule has 29 heavy (non-hydrogen) atoms. The molecule has 0 spiro atoms. The second-order valence-corrected chi connectivity index (χ2v) is 6.86. The number of anilines is 2. The van der Waals surface area contributed by atoms with Crippen LogP contribution in [0, 0.1) is 0 Å². The van der Waals surface area contributed by atoms with Crippen molar-refractivity contribution in [3.63, 3.8) is 0 Å². The minimum atomic E-state index is -0.255. The zero-order chi connectivity index (χ0) is 20.8. The number of benzene rings is 2. The number of carbonyl (C=O) groups is 3. The van der Waals surface area contributed by atoms with E-state index in [0.29, 0.717) is 11.4 Å². The fourth-order valence-electron chi connectivity index (χ4n) is 3.24. The number of fused-ring (bicyclic) bond motifs is 1. The van der Waals surface area contributed by atoms with Crippen molar-refractivity contribution >= 4 is 29.1 Å². The highest BCUT2D eigenvalue weighted by Gasteiger charge is 2.26. The zero-order valence-electron chi connectivity index (χ0n) is 16.7. The summed E-state index contributed by atoms with van der Waals surface area (Å²) >= 11 is 0. The second-order valence-electron chi connectivity index (χ2n) is 6.86. The third-order valence-corrected chi connectivity index (χ3v) is 4.84. The first kappa shape index (κ1) is 20.4. The van der Waals surface area contributed by atoms with E-state index in [9.17, 15) is 14.4 Å². The molecule has 2 aromatic carbocycles. The second kappa shape index (κ2) is 9.23. The van der Waals surface area contributed by atoms with Crippen LogP contribution >= 0.6 is 0 Å². The van der Waals surface area contributed by atoms with E-state index in [-0.39, 0.29) is 43.8 Å². The minimum absolute atomic E-state index is 0.0414. The molecule has 0 saturated carbocycles. The number of carbonyl (C=O) groups excluding carboxylic acids is 3. The molecule has 7 heteroatoms. The van der Waals surface area contributed by atoms with Gasteiger partial charge in [-0.1, -0.05) is 37.3 Å². The fourth-order valence-corrected chi connectivity index (χ4v) is 3.24. The van der Waals surface area contributed by atoms with Gasteiger partial charge in [-0.05, 0) is 30.2 Å². The molecule has 0 saturated heterocycles. The smallest absolute Gasteiger partial charge is 0.265 e. The van der Waals surface area contributed by atoms with Crippen LogP contribution in [0.25, 0.3) is 0 Å². The number of amides is 3. The molecule has 0 unspecified atom stereocenters. The average molecular weight is 395 g/mol. The van der Waals surface area contributed by atoms with Crippen molar-refractivity contribution in [3.05, 3.63) is 54.1 Å². The van der Waals surface area contributed by atoms with Crippen LogP contribution in [0.2, 0.25) is 0 Å². The molecule has 0 bridgehead atoms. The third-order valence-electron chi connectivity index (χ3n) is 4.84. The predicted octanol–water partition coefficient (Wildman–Crippen LogP) is 2.46. The number of nitrogens with zero attached hydrogens (tertiary/aromatic N) is 2. The highest BCUT2D eigenvalue weighted by atomic mass is 16.5. The van der Waals surface area contributed by atoms with Gasteiger partial charge in [-0.2, -0.15) is 0 Å². The molecule has 1 aliphatic heterocycles. The van der Waals surface area contributed by atoms with Crippen LogP contribution in [0.1, 0.15) is 18.9 Å². The summed E-state index contributed by atoms with van der Waals surface area (Å²) in [4.78, 5) is 39.9. The molecular weight excluding hydrogens is 370 g/mol. The quantitative estimate of drug-likeness (QED) is 0.781. The van der Waals surface area contributed by atoms with E-state index >= 15 is 0 Å². The largest absolute Gasteiger partial charge is 0.482 e. The first-order valence-electron chi connectivity index (χ1n) is 9.63. The van der Waals surface area contributed by atoms with Crippen molar-refractivity contribution in [3.8, 4) is 5.75 Å². The van der Waals surface area contributed by atoms with Crippen molar-refractivity contribution in [2.45, 2.75) is 19.8 Å². The first-order chi connectivity index (χ1) is 14.0. The Morgan fingerprint density at radius 1 is 1.14 bits per heavy atom. The Morgan fingerprint density at radius 3 is 2.66 bits per heavy atom. The maximum absolute atomic E-state index is 12.5. The minimum Gasteiger partial charge on any atom is -0.482 e. The molecule has 0 aromatic heterocycles. The Morgan fingerprint density at radius 2 is 1.86 bits per heavy atom. The first-order valence-corrected chi connectivity index (χ1v) is 9.63. The molecule has 152 valence electrons. The Hall–Kier alpha value is -3.35. The zero-order valence-corrected chi connectivity index (χ0v) is 16.7. The Balaban J connectivity index is 1.54. The molecule has 2 aromatic rings. The summed E-state index contributed by atoms with van der Waals surface area (Å²) in [6, 6.07) is 14.8. The van der Waals surface area contributed by atoms with Crippen molar-refractivity contribution in [2.75, 3.05) is 37.0 Å². The summed E-state index contributed by atoms with van der Waals surface area (Å²) in [5.41, 5.74) is 2.46. The van der Waals surface area contributed by atoms with Crippen molar-refractivity contribution in [1.29, 1.82) is 0 Å². The van der Waals surface area contributed by atoms with Crippen molar-refractivity contribution in [2.24, 2.45) is 0 Å². The van der Waals surface area contributed by atoms with E-state index in [1.165, 1.54) is 4.90 Å². The van der Waals surface area contributed by atoms with Crippen molar-refractivity contribution in [1.82, 2.24) is 4.90 Å². The predicted molar refractivity (Wildman–Crippen MR) is 111 cm³/mol. The molecule has 0 radical (unpaired) electrons. The summed E-state index contributed by atoms with van der Waals surface area (Å²) in [6.07, 6.45) is 0.926. The number of hydrogen-bond acceptors (Lipinski definition) is 4. The summed E-state index contributed by atoms with van der Waals surface area (Å²) < 4.78 is 5.41. The van der Waals surface area contributed by atoms with Crippen LogP contribution in [-0.4, -0.2) is 49.4 Å². The number of likely N-dealkylation sites (N-methyl/N-ethyl adjacent to an activating group) is 1. The highest BCUT2D eigenvalue weighted by Crippen LogP contribution is 2.31. The summed E-state index contributed by atoms with van der Waals surface area (Å²) in [5.74, 6) is -0.0230. The Labute approximate surface area is 170 Å². The number of nitrogens with one attached hydrogen (secondary N) is 1. The highest BCUT2D eigenvalue weighted by molar-refractivity contribution is 5.98. The van der Waals surface area contributed by atoms with Crippen molar-refractivity contribution < 1.29 is 19.1 Å². The molecule has 1 heterocycles. The number of rotatable bonds is 7. The normalized spacial score (nSPS) is 12.8. The summed E-state index contributed by atoms with van der Waals surface area (Å²) in [6.45, 7) is 2.17. The molecule has 0 aliphatic carbocycles. The fraction of sp³-hybridized carbons (Fsp3) is 0.318.